The summed E-state index contributed by atoms with van der Waals surface area (Å²) in [4.78, 5) is 23.2. The van der Waals surface area contributed by atoms with Crippen molar-refractivity contribution in [2.75, 3.05) is 24.3 Å². The van der Waals surface area contributed by atoms with Gasteiger partial charge in [-0.05, 0) is 19.1 Å². The fourth-order valence-corrected chi connectivity index (χ4v) is 2.54. The van der Waals surface area contributed by atoms with Gasteiger partial charge in [0.1, 0.15) is 17.4 Å². The predicted octanol–water partition coefficient (Wildman–Crippen LogP) is 3.22. The Labute approximate surface area is 155 Å². The quantitative estimate of drug-likeness (QED) is 0.692. The highest BCUT2D eigenvalue weighted by atomic mass is 19.1. The van der Waals surface area contributed by atoms with E-state index in [1.54, 1.807) is 20.1 Å². The van der Waals surface area contributed by atoms with Crippen LogP contribution in [0.5, 0.6) is 5.75 Å². The molecule has 0 saturated heterocycles. The Morgan fingerprint density at radius 3 is 2.44 bits per heavy atom. The average Bonchev–Trinajstić information content (AvgIpc) is 2.62. The molecule has 0 aliphatic carbocycles. The summed E-state index contributed by atoms with van der Waals surface area (Å²) in [6.45, 7) is 2.77. The van der Waals surface area contributed by atoms with E-state index in [-0.39, 0.29) is 24.0 Å². The zero-order chi connectivity index (χ0) is 20.0. The number of amides is 2. The molecule has 144 valence electrons. The first kappa shape index (κ1) is 20.2. The maximum atomic E-state index is 13.9. The molecule has 0 aromatic heterocycles. The molecule has 0 spiro atoms. The van der Waals surface area contributed by atoms with Crippen molar-refractivity contribution in [3.63, 3.8) is 0 Å². The number of carbonyl (C=O) groups excluding carboxylic acids is 2. The third kappa shape index (κ3) is 5.40. The van der Waals surface area contributed by atoms with E-state index in [0.29, 0.717) is 11.8 Å². The summed E-state index contributed by atoms with van der Waals surface area (Å²) < 4.78 is 32.8. The van der Waals surface area contributed by atoms with Gasteiger partial charge in [-0.3, -0.25) is 9.59 Å². The number of halogens is 2. The third-order valence-corrected chi connectivity index (χ3v) is 3.79. The fourth-order valence-electron chi connectivity index (χ4n) is 2.54. The van der Waals surface area contributed by atoms with Crippen molar-refractivity contribution >= 4 is 23.2 Å². The van der Waals surface area contributed by atoms with Gasteiger partial charge in [0.2, 0.25) is 11.8 Å². The van der Waals surface area contributed by atoms with Crippen molar-refractivity contribution in [3.05, 3.63) is 53.6 Å². The summed E-state index contributed by atoms with van der Waals surface area (Å²) in [6, 6.07) is 8.68. The molecular formula is C19H21F2N3O3. The van der Waals surface area contributed by atoms with Crippen molar-refractivity contribution in [1.82, 2.24) is 5.32 Å². The first-order chi connectivity index (χ1) is 12.8. The highest BCUT2D eigenvalue weighted by Gasteiger charge is 2.15. The van der Waals surface area contributed by atoms with Gasteiger partial charge < -0.3 is 20.7 Å². The Kier molecular flexibility index (Phi) is 6.70. The molecule has 0 bridgehead atoms. The van der Waals surface area contributed by atoms with Crippen LogP contribution in [0.4, 0.5) is 20.2 Å². The van der Waals surface area contributed by atoms with E-state index in [4.69, 9.17) is 4.74 Å². The Bertz CT molecular complexity index is 843. The Morgan fingerprint density at radius 1 is 1.11 bits per heavy atom. The molecule has 3 N–H and O–H groups in total. The van der Waals surface area contributed by atoms with Crippen molar-refractivity contribution in [3.8, 4) is 5.75 Å². The number of methoxy groups -OCH3 is 1. The van der Waals surface area contributed by atoms with E-state index in [2.05, 4.69) is 16.0 Å². The Morgan fingerprint density at radius 2 is 1.78 bits per heavy atom. The molecule has 27 heavy (non-hydrogen) atoms. The number of carbonyl (C=O) groups is 2. The molecule has 8 heteroatoms. The number of hydrogen-bond acceptors (Lipinski definition) is 4. The second-order valence-electron chi connectivity index (χ2n) is 5.88. The second kappa shape index (κ2) is 8.98. The number of ether oxygens (including phenoxy) is 1. The van der Waals surface area contributed by atoms with Crippen LogP contribution in [0, 0.1) is 11.6 Å². The molecule has 6 nitrogen and oxygen atoms in total. The van der Waals surface area contributed by atoms with E-state index in [9.17, 15) is 18.4 Å². The summed E-state index contributed by atoms with van der Waals surface area (Å²) >= 11 is 0. The molecule has 1 atom stereocenters. The van der Waals surface area contributed by atoms with Gasteiger partial charge in [0, 0.05) is 18.6 Å². The highest BCUT2D eigenvalue weighted by molar-refractivity contribution is 5.89. The van der Waals surface area contributed by atoms with Gasteiger partial charge in [0.15, 0.2) is 0 Å². The van der Waals surface area contributed by atoms with E-state index >= 15 is 0 Å². The lowest BCUT2D eigenvalue weighted by Crippen LogP contribution is -2.32. The lowest BCUT2D eigenvalue weighted by Gasteiger charge is -2.18. The first-order valence-corrected chi connectivity index (χ1v) is 8.24. The molecule has 0 heterocycles. The summed E-state index contributed by atoms with van der Waals surface area (Å²) in [5.74, 6) is -2.01. The summed E-state index contributed by atoms with van der Waals surface area (Å²) in [5, 5.41) is 7.63. The molecule has 0 aliphatic heterocycles. The van der Waals surface area contributed by atoms with Crippen LogP contribution in [0.2, 0.25) is 0 Å². The topological polar surface area (TPSA) is 79.5 Å². The molecule has 0 radical (unpaired) electrons. The number of anilines is 2. The van der Waals surface area contributed by atoms with Gasteiger partial charge in [-0.2, -0.15) is 0 Å². The van der Waals surface area contributed by atoms with Crippen LogP contribution in [0.3, 0.4) is 0 Å². The smallest absolute Gasteiger partial charge is 0.239 e. The maximum Gasteiger partial charge on any atom is 0.239 e. The Hall–Kier alpha value is -3.16. The number of rotatable bonds is 7. The minimum atomic E-state index is -0.900. The second-order valence-corrected chi connectivity index (χ2v) is 5.88. The van der Waals surface area contributed by atoms with Gasteiger partial charge >= 0.3 is 0 Å². The highest BCUT2D eigenvalue weighted by Crippen LogP contribution is 2.25. The number of hydrogen-bond donors (Lipinski definition) is 3. The molecule has 0 saturated carbocycles. The Balaban J connectivity index is 2.02. The van der Waals surface area contributed by atoms with Crippen LogP contribution in [0.25, 0.3) is 0 Å². The van der Waals surface area contributed by atoms with E-state index in [1.807, 2.05) is 18.2 Å². The summed E-state index contributed by atoms with van der Waals surface area (Å²) in [7, 11) is 1.54. The molecule has 2 amide bonds. The third-order valence-electron chi connectivity index (χ3n) is 3.79. The van der Waals surface area contributed by atoms with E-state index < -0.39 is 23.4 Å². The van der Waals surface area contributed by atoms with Gasteiger partial charge in [0.25, 0.3) is 0 Å². The monoisotopic (exact) mass is 377 g/mol. The van der Waals surface area contributed by atoms with Crippen LogP contribution in [0.1, 0.15) is 25.5 Å². The van der Waals surface area contributed by atoms with Crippen molar-refractivity contribution in [2.45, 2.75) is 19.9 Å². The summed E-state index contributed by atoms with van der Waals surface area (Å²) in [6.07, 6.45) is 0. The molecule has 2 aromatic rings. The zero-order valence-electron chi connectivity index (χ0n) is 15.2. The van der Waals surface area contributed by atoms with Crippen LogP contribution in [-0.4, -0.2) is 25.5 Å². The van der Waals surface area contributed by atoms with E-state index in [1.165, 1.54) is 6.92 Å². The van der Waals surface area contributed by atoms with Crippen LogP contribution in [-0.2, 0) is 9.59 Å². The predicted molar refractivity (Wildman–Crippen MR) is 98.7 cm³/mol. The molecule has 0 aliphatic rings. The number of nitrogens with one attached hydrogen (secondary N) is 3. The van der Waals surface area contributed by atoms with Gasteiger partial charge in [0.05, 0.1) is 31.1 Å². The van der Waals surface area contributed by atoms with E-state index in [0.717, 1.165) is 11.6 Å². The number of para-hydroxylation sites is 1. The molecule has 0 fully saturated rings. The van der Waals surface area contributed by atoms with Crippen molar-refractivity contribution in [1.29, 1.82) is 0 Å². The van der Waals surface area contributed by atoms with Gasteiger partial charge in [-0.15, -0.1) is 0 Å². The summed E-state index contributed by atoms with van der Waals surface area (Å²) in [5.41, 5.74) is 0.531. The van der Waals surface area contributed by atoms with Gasteiger partial charge in [-0.1, -0.05) is 18.2 Å². The average molecular weight is 377 g/mol. The number of benzene rings is 2. The minimum absolute atomic E-state index is 0.0970. The van der Waals surface area contributed by atoms with Crippen molar-refractivity contribution < 1.29 is 23.1 Å². The molecular weight excluding hydrogens is 356 g/mol. The fraction of sp³-hybridized carbons (Fsp3) is 0.263. The van der Waals surface area contributed by atoms with Crippen LogP contribution < -0.4 is 20.7 Å². The SMILES string of the molecule is COc1ccccc1C(C)NC(=O)CNc1cc(NC(C)=O)c(F)cc1F. The van der Waals surface area contributed by atoms with Gasteiger partial charge in [-0.25, -0.2) is 8.78 Å². The molecule has 2 rings (SSSR count). The lowest BCUT2D eigenvalue weighted by atomic mass is 10.1. The molecule has 2 aromatic carbocycles. The standard InChI is InChI=1S/C19H21F2N3O3/c1-11(13-6-4-5-7-18(13)27-3)23-19(26)10-22-16-9-17(24-12(2)25)15(21)8-14(16)20/h4-9,11,22H,10H2,1-3H3,(H,23,26)(H,24,25). The zero-order valence-corrected chi connectivity index (χ0v) is 15.2. The van der Waals surface area contributed by atoms with Crippen LogP contribution in [0.15, 0.2) is 36.4 Å². The first-order valence-electron chi connectivity index (χ1n) is 8.24. The van der Waals surface area contributed by atoms with Crippen LogP contribution >= 0.6 is 0 Å². The largest absolute Gasteiger partial charge is 0.496 e. The normalized spacial score (nSPS) is 11.4. The minimum Gasteiger partial charge on any atom is -0.496 e. The molecule has 1 unspecified atom stereocenters. The lowest BCUT2D eigenvalue weighted by molar-refractivity contribution is -0.120. The maximum absolute atomic E-state index is 13.9. The van der Waals surface area contributed by atoms with Crippen molar-refractivity contribution in [2.24, 2.45) is 0 Å².